The van der Waals surface area contributed by atoms with Gasteiger partial charge >= 0.3 is 6.03 Å². The topological polar surface area (TPSA) is 61.9 Å². The number of nitrogens with zero attached hydrogens (tertiary/aromatic N) is 2. The molecule has 7 heteroatoms. The van der Waals surface area contributed by atoms with Crippen LogP contribution in [-0.2, 0) is 9.53 Å². The second kappa shape index (κ2) is 8.47. The van der Waals surface area contributed by atoms with Crippen LogP contribution in [0.2, 0.25) is 0 Å². The zero-order valence-corrected chi connectivity index (χ0v) is 16.1. The summed E-state index contributed by atoms with van der Waals surface area (Å²) in [6.07, 6.45) is 5.43. The third-order valence-corrected chi connectivity index (χ3v) is 6.01. The first-order valence-electron chi connectivity index (χ1n) is 10.3. The molecule has 1 saturated carbocycles. The van der Waals surface area contributed by atoms with Gasteiger partial charge < -0.3 is 19.9 Å². The predicted octanol–water partition coefficient (Wildman–Crippen LogP) is 3.24. The molecular weight excluding hydrogens is 361 g/mol. The van der Waals surface area contributed by atoms with Gasteiger partial charge in [-0.25, -0.2) is 9.18 Å². The first kappa shape index (κ1) is 19.2. The molecule has 2 heterocycles. The van der Waals surface area contributed by atoms with Gasteiger partial charge in [-0.2, -0.15) is 0 Å². The number of benzene rings is 1. The van der Waals surface area contributed by atoms with Crippen molar-refractivity contribution in [1.82, 2.24) is 9.80 Å². The molecule has 3 fully saturated rings. The van der Waals surface area contributed by atoms with Crippen LogP contribution >= 0.6 is 0 Å². The van der Waals surface area contributed by atoms with E-state index in [1.165, 1.54) is 12.1 Å². The first-order valence-corrected chi connectivity index (χ1v) is 10.3. The fourth-order valence-corrected chi connectivity index (χ4v) is 4.25. The number of hydrogen-bond donors (Lipinski definition) is 1. The molecule has 3 amide bonds. The molecule has 0 unspecified atom stereocenters. The van der Waals surface area contributed by atoms with Crippen LogP contribution in [0.25, 0.3) is 0 Å². The molecule has 0 aromatic heterocycles. The van der Waals surface area contributed by atoms with Gasteiger partial charge in [-0.3, -0.25) is 4.79 Å². The Morgan fingerprint density at radius 2 is 1.57 bits per heavy atom. The van der Waals surface area contributed by atoms with E-state index in [0.29, 0.717) is 24.7 Å². The number of piperidine rings is 1. The average molecular weight is 389 g/mol. The lowest BCUT2D eigenvalue weighted by atomic mass is 9.97. The highest BCUT2D eigenvalue weighted by Gasteiger charge is 2.41. The second-order valence-corrected chi connectivity index (χ2v) is 8.02. The van der Waals surface area contributed by atoms with E-state index in [9.17, 15) is 14.0 Å². The Morgan fingerprint density at radius 3 is 2.18 bits per heavy atom. The van der Waals surface area contributed by atoms with E-state index >= 15 is 0 Å². The average Bonchev–Trinajstić information content (AvgIpc) is 3.57. The van der Waals surface area contributed by atoms with Gasteiger partial charge in [0.2, 0.25) is 5.91 Å². The number of hydrogen-bond acceptors (Lipinski definition) is 3. The summed E-state index contributed by atoms with van der Waals surface area (Å²) in [6, 6.07) is 6.07. The van der Waals surface area contributed by atoms with Crippen molar-refractivity contribution in [2.45, 2.75) is 50.6 Å². The Morgan fingerprint density at radius 1 is 0.964 bits per heavy atom. The standard InChI is InChI=1S/C21H28FN3O3/c22-16-3-5-17(6-4-16)23-21(27)24-11-7-18(8-12-24)25(20(26)15-1-2-15)19-9-13-28-14-10-19/h3-6,15,18-19H,1-2,7-14H2,(H,23,27). The zero-order valence-electron chi connectivity index (χ0n) is 16.1. The predicted molar refractivity (Wildman–Crippen MR) is 103 cm³/mol. The van der Waals surface area contributed by atoms with Gasteiger partial charge in [-0.15, -0.1) is 0 Å². The Bertz CT molecular complexity index is 693. The summed E-state index contributed by atoms with van der Waals surface area (Å²) < 4.78 is 18.5. The van der Waals surface area contributed by atoms with Crippen molar-refractivity contribution in [2.75, 3.05) is 31.6 Å². The van der Waals surface area contributed by atoms with Crippen LogP contribution in [0, 0.1) is 11.7 Å². The molecule has 0 atom stereocenters. The summed E-state index contributed by atoms with van der Waals surface area (Å²) in [7, 11) is 0. The number of urea groups is 1. The van der Waals surface area contributed by atoms with Gasteiger partial charge in [0.15, 0.2) is 0 Å². The molecule has 152 valence electrons. The molecule has 3 aliphatic rings. The molecule has 1 N–H and O–H groups in total. The Labute approximate surface area is 165 Å². The molecule has 2 aliphatic heterocycles. The van der Waals surface area contributed by atoms with E-state index in [1.807, 2.05) is 0 Å². The highest BCUT2D eigenvalue weighted by Crippen LogP contribution is 2.35. The summed E-state index contributed by atoms with van der Waals surface area (Å²) >= 11 is 0. The highest BCUT2D eigenvalue weighted by atomic mass is 19.1. The minimum absolute atomic E-state index is 0.170. The third kappa shape index (κ3) is 4.46. The maximum atomic E-state index is 13.0. The number of likely N-dealkylation sites (tertiary alicyclic amines) is 1. The van der Waals surface area contributed by atoms with E-state index in [4.69, 9.17) is 4.74 Å². The zero-order chi connectivity index (χ0) is 19.5. The van der Waals surface area contributed by atoms with Gasteiger partial charge in [-0.1, -0.05) is 0 Å². The Balaban J connectivity index is 1.35. The molecule has 1 aromatic carbocycles. The fraction of sp³-hybridized carbons (Fsp3) is 0.619. The largest absolute Gasteiger partial charge is 0.381 e. The highest BCUT2D eigenvalue weighted by molar-refractivity contribution is 5.89. The van der Waals surface area contributed by atoms with Crippen molar-refractivity contribution in [2.24, 2.45) is 5.92 Å². The first-order chi connectivity index (χ1) is 13.6. The molecular formula is C21H28FN3O3. The van der Waals surface area contributed by atoms with Crippen LogP contribution in [0.4, 0.5) is 14.9 Å². The molecule has 1 aliphatic carbocycles. The van der Waals surface area contributed by atoms with Gasteiger partial charge in [0.05, 0.1) is 0 Å². The van der Waals surface area contributed by atoms with E-state index in [2.05, 4.69) is 10.2 Å². The minimum atomic E-state index is -0.327. The molecule has 1 aromatic rings. The fourth-order valence-electron chi connectivity index (χ4n) is 4.25. The third-order valence-electron chi connectivity index (χ3n) is 6.01. The van der Waals surface area contributed by atoms with Crippen molar-refractivity contribution in [3.8, 4) is 0 Å². The molecule has 28 heavy (non-hydrogen) atoms. The number of halogens is 1. The van der Waals surface area contributed by atoms with Gasteiger partial charge in [0.1, 0.15) is 5.82 Å². The van der Waals surface area contributed by atoms with Gasteiger partial charge in [0, 0.05) is 50.0 Å². The summed E-state index contributed by atoms with van der Waals surface area (Å²) in [4.78, 5) is 29.4. The number of carbonyl (C=O) groups is 2. The van der Waals surface area contributed by atoms with Crippen molar-refractivity contribution in [3.63, 3.8) is 0 Å². The minimum Gasteiger partial charge on any atom is -0.381 e. The molecule has 6 nitrogen and oxygen atoms in total. The van der Waals surface area contributed by atoms with E-state index in [-0.39, 0.29) is 29.8 Å². The number of nitrogens with one attached hydrogen (secondary N) is 1. The van der Waals surface area contributed by atoms with Crippen molar-refractivity contribution in [3.05, 3.63) is 30.1 Å². The molecule has 2 saturated heterocycles. The van der Waals surface area contributed by atoms with Gasteiger partial charge in [0.25, 0.3) is 0 Å². The number of rotatable bonds is 4. The summed E-state index contributed by atoms with van der Waals surface area (Å²) in [5.41, 5.74) is 0.585. The lowest BCUT2D eigenvalue weighted by Crippen LogP contribution is -2.54. The summed E-state index contributed by atoms with van der Waals surface area (Å²) in [5.74, 6) is 0.191. The maximum absolute atomic E-state index is 13.0. The van der Waals surface area contributed by atoms with Crippen LogP contribution in [0.3, 0.4) is 0 Å². The normalized spacial score (nSPS) is 21.4. The maximum Gasteiger partial charge on any atom is 0.321 e. The Hall–Kier alpha value is -2.15. The van der Waals surface area contributed by atoms with E-state index in [0.717, 1.165) is 51.7 Å². The smallest absolute Gasteiger partial charge is 0.321 e. The molecule has 0 bridgehead atoms. The second-order valence-electron chi connectivity index (χ2n) is 8.02. The van der Waals surface area contributed by atoms with Crippen LogP contribution in [-0.4, -0.2) is 60.1 Å². The quantitative estimate of drug-likeness (QED) is 0.860. The van der Waals surface area contributed by atoms with E-state index < -0.39 is 0 Å². The lowest BCUT2D eigenvalue weighted by molar-refractivity contribution is -0.141. The lowest BCUT2D eigenvalue weighted by Gasteiger charge is -2.43. The number of amides is 3. The summed E-state index contributed by atoms with van der Waals surface area (Å²) in [6.45, 7) is 2.68. The van der Waals surface area contributed by atoms with Crippen LogP contribution < -0.4 is 5.32 Å². The van der Waals surface area contributed by atoms with Crippen LogP contribution in [0.5, 0.6) is 0 Å². The van der Waals surface area contributed by atoms with E-state index in [1.54, 1.807) is 17.0 Å². The van der Waals surface area contributed by atoms with Crippen molar-refractivity contribution >= 4 is 17.6 Å². The van der Waals surface area contributed by atoms with Gasteiger partial charge in [-0.05, 0) is 62.8 Å². The number of ether oxygens (including phenoxy) is 1. The van der Waals surface area contributed by atoms with Crippen LogP contribution in [0.15, 0.2) is 24.3 Å². The number of carbonyl (C=O) groups excluding carboxylic acids is 2. The molecule has 0 spiro atoms. The molecule has 4 rings (SSSR count). The monoisotopic (exact) mass is 389 g/mol. The molecule has 0 radical (unpaired) electrons. The SMILES string of the molecule is O=C(Nc1ccc(F)cc1)N1CCC(N(C(=O)C2CC2)C2CCOCC2)CC1. The van der Waals surface area contributed by atoms with Crippen LogP contribution in [0.1, 0.15) is 38.5 Å². The number of anilines is 1. The van der Waals surface area contributed by atoms with Crippen molar-refractivity contribution < 1.29 is 18.7 Å². The van der Waals surface area contributed by atoms with Crippen molar-refractivity contribution in [1.29, 1.82) is 0 Å². The Kier molecular flexibility index (Phi) is 5.80. The summed E-state index contributed by atoms with van der Waals surface area (Å²) in [5, 5.41) is 2.82.